The summed E-state index contributed by atoms with van der Waals surface area (Å²) < 4.78 is 14.6. The molecule has 2 unspecified atom stereocenters. The SMILES string of the molecule is NC(=O)c1cc(F)c(NC2CCCCC2N)nc1Nc1ccc2nccnc2c1. The van der Waals surface area contributed by atoms with Gasteiger partial charge in [-0.2, -0.15) is 0 Å². The molecule has 29 heavy (non-hydrogen) atoms. The zero-order chi connectivity index (χ0) is 20.4. The van der Waals surface area contributed by atoms with Gasteiger partial charge in [-0.1, -0.05) is 12.8 Å². The van der Waals surface area contributed by atoms with Crippen molar-refractivity contribution >= 4 is 34.3 Å². The Bertz CT molecular complexity index is 1060. The predicted molar refractivity (Wildman–Crippen MR) is 109 cm³/mol. The number of primary amides is 1. The fraction of sp³-hybridized carbons (Fsp3) is 0.300. The second-order valence-electron chi connectivity index (χ2n) is 7.16. The van der Waals surface area contributed by atoms with Gasteiger partial charge in [-0.05, 0) is 37.1 Å². The number of nitrogens with zero attached hydrogens (tertiary/aromatic N) is 3. The van der Waals surface area contributed by atoms with Crippen LogP contribution in [0.5, 0.6) is 0 Å². The average Bonchev–Trinajstić information content (AvgIpc) is 2.71. The molecule has 2 aromatic heterocycles. The largest absolute Gasteiger partial charge is 0.365 e. The van der Waals surface area contributed by atoms with Crippen LogP contribution in [0.3, 0.4) is 0 Å². The van der Waals surface area contributed by atoms with Gasteiger partial charge in [-0.15, -0.1) is 0 Å². The van der Waals surface area contributed by atoms with Gasteiger partial charge in [0.25, 0.3) is 5.91 Å². The van der Waals surface area contributed by atoms with E-state index in [0.717, 1.165) is 37.3 Å². The van der Waals surface area contributed by atoms with E-state index in [-0.39, 0.29) is 29.3 Å². The molecule has 1 aromatic carbocycles. The monoisotopic (exact) mass is 395 g/mol. The first-order valence-corrected chi connectivity index (χ1v) is 9.51. The number of carbonyl (C=O) groups is 1. The Labute approximate surface area is 166 Å². The zero-order valence-electron chi connectivity index (χ0n) is 15.7. The minimum atomic E-state index is -0.777. The summed E-state index contributed by atoms with van der Waals surface area (Å²) >= 11 is 0. The summed E-state index contributed by atoms with van der Waals surface area (Å²) in [4.78, 5) is 24.6. The molecule has 150 valence electrons. The highest BCUT2D eigenvalue weighted by atomic mass is 19.1. The lowest BCUT2D eigenvalue weighted by Crippen LogP contribution is -2.43. The minimum Gasteiger partial charge on any atom is -0.365 e. The molecule has 0 radical (unpaired) electrons. The molecule has 0 aliphatic heterocycles. The van der Waals surface area contributed by atoms with E-state index in [1.54, 1.807) is 30.6 Å². The maximum Gasteiger partial charge on any atom is 0.252 e. The van der Waals surface area contributed by atoms with Crippen LogP contribution in [-0.2, 0) is 0 Å². The number of hydrogen-bond donors (Lipinski definition) is 4. The number of hydrogen-bond acceptors (Lipinski definition) is 7. The Morgan fingerprint density at radius 2 is 1.83 bits per heavy atom. The van der Waals surface area contributed by atoms with Gasteiger partial charge in [0.15, 0.2) is 11.6 Å². The molecule has 9 heteroatoms. The summed E-state index contributed by atoms with van der Waals surface area (Å²) in [5, 5.41) is 6.14. The Hall–Kier alpha value is -3.33. The third-order valence-corrected chi connectivity index (χ3v) is 5.12. The lowest BCUT2D eigenvalue weighted by molar-refractivity contribution is 0.100. The van der Waals surface area contributed by atoms with Gasteiger partial charge in [-0.3, -0.25) is 14.8 Å². The lowest BCUT2D eigenvalue weighted by atomic mass is 9.91. The van der Waals surface area contributed by atoms with Crippen LogP contribution in [0, 0.1) is 5.82 Å². The van der Waals surface area contributed by atoms with Crippen molar-refractivity contribution in [2.45, 2.75) is 37.8 Å². The third-order valence-electron chi connectivity index (χ3n) is 5.12. The maximum atomic E-state index is 14.6. The Kier molecular flexibility index (Phi) is 5.22. The smallest absolute Gasteiger partial charge is 0.252 e. The van der Waals surface area contributed by atoms with Crippen molar-refractivity contribution in [3.05, 3.63) is 48.0 Å². The van der Waals surface area contributed by atoms with Crippen LogP contribution in [-0.4, -0.2) is 32.9 Å². The van der Waals surface area contributed by atoms with Crippen molar-refractivity contribution in [1.29, 1.82) is 0 Å². The first-order valence-electron chi connectivity index (χ1n) is 9.51. The number of benzene rings is 1. The number of fused-ring (bicyclic) bond motifs is 1. The van der Waals surface area contributed by atoms with E-state index in [1.807, 2.05) is 0 Å². The van der Waals surface area contributed by atoms with Crippen LogP contribution in [0.4, 0.5) is 21.7 Å². The molecule has 1 aliphatic rings. The standard InChI is InChI=1S/C20H22FN7O/c21-13-10-12(18(23)29)19(28-20(13)27-15-4-2-1-3-14(15)22)26-11-5-6-16-17(9-11)25-8-7-24-16/h5-10,14-15H,1-4,22H2,(H2,23,29)(H2,26,27,28). The number of anilines is 3. The summed E-state index contributed by atoms with van der Waals surface area (Å²) in [6, 6.07) is 6.28. The fourth-order valence-electron chi connectivity index (χ4n) is 3.57. The molecule has 1 amide bonds. The number of nitrogens with one attached hydrogen (secondary N) is 2. The number of aromatic nitrogens is 3. The number of nitrogens with two attached hydrogens (primary N) is 2. The number of halogens is 1. The van der Waals surface area contributed by atoms with Crippen molar-refractivity contribution in [2.75, 3.05) is 10.6 Å². The molecule has 4 rings (SSSR count). The molecule has 6 N–H and O–H groups in total. The van der Waals surface area contributed by atoms with Crippen LogP contribution in [0.25, 0.3) is 11.0 Å². The Morgan fingerprint density at radius 1 is 1.07 bits per heavy atom. The van der Waals surface area contributed by atoms with Crippen LogP contribution < -0.4 is 22.1 Å². The van der Waals surface area contributed by atoms with Crippen LogP contribution in [0.2, 0.25) is 0 Å². The summed E-state index contributed by atoms with van der Waals surface area (Å²) in [6.07, 6.45) is 7.00. The first kappa shape index (κ1) is 19.0. The predicted octanol–water partition coefficient (Wildman–Crippen LogP) is 2.69. The molecule has 1 saturated carbocycles. The van der Waals surface area contributed by atoms with E-state index in [2.05, 4.69) is 25.6 Å². The van der Waals surface area contributed by atoms with Crippen molar-refractivity contribution in [3.63, 3.8) is 0 Å². The zero-order valence-corrected chi connectivity index (χ0v) is 15.7. The van der Waals surface area contributed by atoms with Gasteiger partial charge in [0.1, 0.15) is 5.82 Å². The van der Waals surface area contributed by atoms with E-state index in [0.29, 0.717) is 11.2 Å². The Balaban J connectivity index is 1.67. The molecule has 1 aliphatic carbocycles. The van der Waals surface area contributed by atoms with E-state index in [9.17, 15) is 9.18 Å². The topological polar surface area (TPSA) is 132 Å². The van der Waals surface area contributed by atoms with Crippen molar-refractivity contribution in [1.82, 2.24) is 15.0 Å². The molecule has 8 nitrogen and oxygen atoms in total. The summed E-state index contributed by atoms with van der Waals surface area (Å²) in [7, 11) is 0. The second-order valence-corrected chi connectivity index (χ2v) is 7.16. The third kappa shape index (κ3) is 4.09. The summed E-state index contributed by atoms with van der Waals surface area (Å²) in [5.74, 6) is -1.22. The molecular formula is C20H22FN7O. The number of rotatable bonds is 5. The van der Waals surface area contributed by atoms with Crippen LogP contribution >= 0.6 is 0 Å². The summed E-state index contributed by atoms with van der Waals surface area (Å²) in [6.45, 7) is 0. The molecule has 0 saturated heterocycles. The molecule has 3 aromatic rings. The van der Waals surface area contributed by atoms with E-state index < -0.39 is 11.7 Å². The molecule has 2 heterocycles. The van der Waals surface area contributed by atoms with E-state index in [1.165, 1.54) is 0 Å². The minimum absolute atomic E-state index is 0.0414. The summed E-state index contributed by atoms with van der Waals surface area (Å²) in [5.41, 5.74) is 13.6. The van der Waals surface area contributed by atoms with Gasteiger partial charge in [0.05, 0.1) is 16.6 Å². The fourth-order valence-corrected chi connectivity index (χ4v) is 3.57. The van der Waals surface area contributed by atoms with Crippen molar-refractivity contribution < 1.29 is 9.18 Å². The molecule has 0 spiro atoms. The van der Waals surface area contributed by atoms with Gasteiger partial charge in [0, 0.05) is 30.2 Å². The van der Waals surface area contributed by atoms with Gasteiger partial charge in [-0.25, -0.2) is 9.37 Å². The van der Waals surface area contributed by atoms with Crippen LogP contribution in [0.1, 0.15) is 36.0 Å². The van der Waals surface area contributed by atoms with Gasteiger partial charge in [0.2, 0.25) is 0 Å². The molecule has 1 fully saturated rings. The normalized spacial score (nSPS) is 19.1. The van der Waals surface area contributed by atoms with Crippen LogP contribution in [0.15, 0.2) is 36.7 Å². The Morgan fingerprint density at radius 3 is 2.59 bits per heavy atom. The van der Waals surface area contributed by atoms with Crippen molar-refractivity contribution in [2.24, 2.45) is 11.5 Å². The highest BCUT2D eigenvalue weighted by molar-refractivity contribution is 5.98. The van der Waals surface area contributed by atoms with E-state index in [4.69, 9.17) is 11.5 Å². The first-order chi connectivity index (χ1) is 14.0. The quantitative estimate of drug-likeness (QED) is 0.522. The highest BCUT2D eigenvalue weighted by Gasteiger charge is 2.24. The molecular weight excluding hydrogens is 373 g/mol. The average molecular weight is 395 g/mol. The molecule has 0 bridgehead atoms. The van der Waals surface area contributed by atoms with Gasteiger partial charge < -0.3 is 22.1 Å². The van der Waals surface area contributed by atoms with Gasteiger partial charge >= 0.3 is 0 Å². The molecule has 2 atom stereocenters. The highest BCUT2D eigenvalue weighted by Crippen LogP contribution is 2.27. The number of amides is 1. The maximum absolute atomic E-state index is 14.6. The number of pyridine rings is 1. The van der Waals surface area contributed by atoms with E-state index >= 15 is 0 Å². The number of carbonyl (C=O) groups excluding carboxylic acids is 1. The second kappa shape index (κ2) is 7.96. The lowest BCUT2D eigenvalue weighted by Gasteiger charge is -2.30. The van der Waals surface area contributed by atoms with Crippen molar-refractivity contribution in [3.8, 4) is 0 Å².